The van der Waals surface area contributed by atoms with Gasteiger partial charge in [0.05, 0.1) is 33.4 Å². The molecule has 4 heterocycles. The summed E-state index contributed by atoms with van der Waals surface area (Å²) in [5.41, 5.74) is 32.2. The summed E-state index contributed by atoms with van der Waals surface area (Å²) in [6.07, 6.45) is 0. The lowest BCUT2D eigenvalue weighted by Gasteiger charge is -2.45. The van der Waals surface area contributed by atoms with Crippen molar-refractivity contribution in [2.75, 3.05) is 9.80 Å². The lowest BCUT2D eigenvalue weighted by Crippen LogP contribution is -2.61. The SMILES string of the molecule is CC(C)(C)c1ccc(-c2cccc3c4ccccc4n(-c4ccc5c(c4)B4c6cc(-n7c8ccccc8c8cccc(-c9ccc(C(C)(C)C)cc9)c87)ccc6N(c6ccccc6-c6ccccc6C(C)(C)C)c6cccc(c64)N5c4ccccc4-c4ccccc4C(C)(C)C)c23)cc1. The highest BCUT2D eigenvalue weighted by Crippen LogP contribution is 2.51. The molecule has 5 heteroatoms. The lowest BCUT2D eigenvalue weighted by molar-refractivity contribution is 0.590. The van der Waals surface area contributed by atoms with Crippen molar-refractivity contribution in [3.8, 4) is 55.9 Å². The molecule has 13 aromatic carbocycles. The molecule has 2 aliphatic heterocycles. The van der Waals surface area contributed by atoms with Crippen LogP contribution in [-0.4, -0.2) is 15.8 Å². The van der Waals surface area contributed by atoms with E-state index in [9.17, 15) is 0 Å². The van der Waals surface area contributed by atoms with Crippen molar-refractivity contribution in [3.05, 3.63) is 307 Å². The molecule has 0 fully saturated rings. The van der Waals surface area contributed by atoms with Gasteiger partial charge in [0, 0.05) is 77.9 Å². The van der Waals surface area contributed by atoms with Crippen LogP contribution in [0.5, 0.6) is 0 Å². The highest BCUT2D eigenvalue weighted by Gasteiger charge is 2.45. The average molecular weight is 1280 g/mol. The Morgan fingerprint density at radius 3 is 0.990 bits per heavy atom. The Kier molecular flexibility index (Phi) is 14.2. The van der Waals surface area contributed by atoms with Crippen molar-refractivity contribution < 1.29 is 0 Å². The third kappa shape index (κ3) is 10.0. The van der Waals surface area contributed by atoms with E-state index in [1.807, 2.05) is 0 Å². The third-order valence-corrected chi connectivity index (χ3v) is 21.3. The molecule has 0 radical (unpaired) electrons. The zero-order valence-corrected chi connectivity index (χ0v) is 59.0. The number of nitrogens with zero attached hydrogens (tertiary/aromatic N) is 4. The van der Waals surface area contributed by atoms with Crippen LogP contribution in [0.15, 0.2) is 285 Å². The highest BCUT2D eigenvalue weighted by molar-refractivity contribution is 7.00. The topological polar surface area (TPSA) is 16.3 Å². The standard InChI is InChI=1S/C94H83BN4/c1-91(2,3)62-50-46-60(47-51-62)66-34-25-36-74-72-32-17-21-40-80(72)96(89(66)74)64-54-56-84-78(58-64)95-79-59-65(97-81-41-22-18-33-73(81)75-37-26-35-67(90(75)97)61-48-52-63(53-49-61)92(4,5)6)55-57-85(79)99(83-43-24-16-31-71(83)69-29-14-20-39-77(69)94(10,11)12)87-45-27-44-86(88(87)95)98(84)82-42-23-15-30-70(82)68-28-13-19-38-76(68)93(7,8)9/h13-59H,1-12H3. The monoisotopic (exact) mass is 1280 g/mol. The second-order valence-electron chi connectivity index (χ2n) is 31.7. The van der Waals surface area contributed by atoms with Gasteiger partial charge in [-0.2, -0.15) is 0 Å². The van der Waals surface area contributed by atoms with E-state index in [0.29, 0.717) is 0 Å². The van der Waals surface area contributed by atoms with E-state index in [1.54, 1.807) is 0 Å². The first-order valence-corrected chi connectivity index (χ1v) is 35.4. The van der Waals surface area contributed by atoms with Crippen molar-refractivity contribution in [1.82, 2.24) is 9.13 Å². The van der Waals surface area contributed by atoms with E-state index in [-0.39, 0.29) is 28.4 Å². The van der Waals surface area contributed by atoms with Gasteiger partial charge in [-0.1, -0.05) is 295 Å². The molecule has 15 aromatic rings. The van der Waals surface area contributed by atoms with E-state index in [1.165, 1.54) is 127 Å². The van der Waals surface area contributed by atoms with Crippen molar-refractivity contribution in [2.45, 2.75) is 105 Å². The molecule has 0 spiro atoms. The summed E-state index contributed by atoms with van der Waals surface area (Å²) in [7, 11) is 0. The number of benzene rings is 13. The molecule has 4 nitrogen and oxygen atoms in total. The Bertz CT molecular complexity index is 5380. The van der Waals surface area contributed by atoms with Crippen molar-refractivity contribution in [1.29, 1.82) is 0 Å². The Hall–Kier alpha value is -10.9. The first kappa shape index (κ1) is 61.7. The van der Waals surface area contributed by atoms with Crippen LogP contribution in [0.3, 0.4) is 0 Å². The largest absolute Gasteiger partial charge is 0.311 e. The Morgan fingerprint density at radius 1 is 0.253 bits per heavy atom. The summed E-state index contributed by atoms with van der Waals surface area (Å²) in [4.78, 5) is 5.24. The van der Waals surface area contributed by atoms with E-state index in [4.69, 9.17) is 0 Å². The summed E-state index contributed by atoms with van der Waals surface area (Å²) in [6.45, 7) is 27.6. The van der Waals surface area contributed by atoms with Crippen LogP contribution < -0.4 is 26.2 Å². The van der Waals surface area contributed by atoms with Gasteiger partial charge in [0.25, 0.3) is 6.71 Å². The predicted molar refractivity (Wildman–Crippen MR) is 426 cm³/mol. The van der Waals surface area contributed by atoms with Crippen LogP contribution in [0.2, 0.25) is 0 Å². The molecule has 0 unspecified atom stereocenters. The maximum absolute atomic E-state index is 2.62. The molecule has 0 aliphatic carbocycles. The number of fused-ring (bicyclic) bond motifs is 10. The normalized spacial score (nSPS) is 13.2. The van der Waals surface area contributed by atoms with Gasteiger partial charge in [0.15, 0.2) is 0 Å². The minimum absolute atomic E-state index is 0.0212. The highest BCUT2D eigenvalue weighted by atomic mass is 15.2. The summed E-state index contributed by atoms with van der Waals surface area (Å²) < 4.78 is 5.14. The maximum atomic E-state index is 2.62. The molecule has 0 bridgehead atoms. The van der Waals surface area contributed by atoms with Crippen LogP contribution in [0.25, 0.3) is 99.5 Å². The van der Waals surface area contributed by atoms with Gasteiger partial charge < -0.3 is 18.9 Å². The number of rotatable bonds is 8. The number of hydrogen-bond acceptors (Lipinski definition) is 2. The molecule has 2 aliphatic rings. The predicted octanol–water partition coefficient (Wildman–Crippen LogP) is 23.8. The van der Waals surface area contributed by atoms with E-state index >= 15 is 0 Å². The molecule has 482 valence electrons. The zero-order valence-electron chi connectivity index (χ0n) is 59.0. The van der Waals surface area contributed by atoms with Crippen LogP contribution >= 0.6 is 0 Å². The Morgan fingerprint density at radius 2 is 0.586 bits per heavy atom. The Balaban J connectivity index is 0.991. The maximum Gasteiger partial charge on any atom is 0.252 e. The summed E-state index contributed by atoms with van der Waals surface area (Å²) in [5, 5.41) is 4.91. The molecule has 0 amide bonds. The Labute approximate surface area is 584 Å². The number of anilines is 6. The minimum atomic E-state index is -0.244. The second kappa shape index (κ2) is 22.9. The molecule has 0 atom stereocenters. The van der Waals surface area contributed by atoms with Crippen LogP contribution in [0.4, 0.5) is 34.1 Å². The van der Waals surface area contributed by atoms with E-state index in [2.05, 4.69) is 387 Å². The molecule has 0 saturated carbocycles. The number of para-hydroxylation sites is 6. The average Bonchev–Trinajstić information content (AvgIpc) is 1.55. The van der Waals surface area contributed by atoms with Crippen LogP contribution in [0.1, 0.15) is 105 Å². The third-order valence-electron chi connectivity index (χ3n) is 21.3. The van der Waals surface area contributed by atoms with Crippen LogP contribution in [0, 0.1) is 0 Å². The van der Waals surface area contributed by atoms with Crippen molar-refractivity contribution >= 4 is 101 Å². The molecular formula is C94H83BN4. The smallest absolute Gasteiger partial charge is 0.252 e. The van der Waals surface area contributed by atoms with Gasteiger partial charge in [-0.25, -0.2) is 0 Å². The van der Waals surface area contributed by atoms with Crippen molar-refractivity contribution in [3.63, 3.8) is 0 Å². The summed E-state index contributed by atoms with van der Waals surface area (Å²) >= 11 is 0. The number of aromatic nitrogens is 2. The first-order valence-electron chi connectivity index (χ1n) is 35.4. The fourth-order valence-corrected chi connectivity index (χ4v) is 16.6. The minimum Gasteiger partial charge on any atom is -0.311 e. The number of hydrogen-bond donors (Lipinski definition) is 0. The molecule has 99 heavy (non-hydrogen) atoms. The van der Waals surface area contributed by atoms with E-state index < -0.39 is 0 Å². The molecule has 0 saturated heterocycles. The van der Waals surface area contributed by atoms with Gasteiger partial charge in [0.1, 0.15) is 0 Å². The zero-order chi connectivity index (χ0) is 68.0. The fourth-order valence-electron chi connectivity index (χ4n) is 16.6. The van der Waals surface area contributed by atoms with Gasteiger partial charge in [-0.15, -0.1) is 0 Å². The first-order chi connectivity index (χ1) is 47.7. The summed E-state index contributed by atoms with van der Waals surface area (Å²) in [6, 6.07) is 109. The second-order valence-corrected chi connectivity index (χ2v) is 31.7. The fraction of sp³-hybridized carbons (Fsp3) is 0.170. The van der Waals surface area contributed by atoms with Crippen LogP contribution in [-0.2, 0) is 21.7 Å². The molecule has 2 aromatic heterocycles. The molecule has 17 rings (SSSR count). The van der Waals surface area contributed by atoms with Gasteiger partial charge in [-0.3, -0.25) is 0 Å². The van der Waals surface area contributed by atoms with Gasteiger partial charge >= 0.3 is 0 Å². The lowest BCUT2D eigenvalue weighted by atomic mass is 9.33. The summed E-state index contributed by atoms with van der Waals surface area (Å²) in [5.74, 6) is 0. The van der Waals surface area contributed by atoms with Gasteiger partial charge in [0.2, 0.25) is 0 Å². The van der Waals surface area contributed by atoms with Crippen molar-refractivity contribution in [2.24, 2.45) is 0 Å². The van der Waals surface area contributed by atoms with Gasteiger partial charge in [-0.05, 0) is 155 Å². The quantitative estimate of drug-likeness (QED) is 0.141. The van der Waals surface area contributed by atoms with E-state index in [0.717, 1.165) is 45.5 Å². The molecule has 0 N–H and O–H groups in total. The molecular weight excluding hydrogens is 1200 g/mol.